The Morgan fingerprint density at radius 2 is 2.16 bits per heavy atom. The lowest BCUT2D eigenvalue weighted by atomic mass is 10.2. The van der Waals surface area contributed by atoms with Gasteiger partial charge in [0.2, 0.25) is 10.0 Å². The van der Waals surface area contributed by atoms with E-state index in [1.54, 1.807) is 12.1 Å². The van der Waals surface area contributed by atoms with E-state index in [2.05, 4.69) is 6.58 Å². The molecule has 0 aliphatic heterocycles. The molecule has 0 heterocycles. The molecule has 5 nitrogen and oxygen atoms in total. The van der Waals surface area contributed by atoms with Gasteiger partial charge in [-0.05, 0) is 25.1 Å². The van der Waals surface area contributed by atoms with Crippen LogP contribution in [0.5, 0.6) is 5.75 Å². The largest absolute Gasteiger partial charge is 0.494 e. The first-order valence-electron chi connectivity index (χ1n) is 6.00. The number of likely N-dealkylation sites (N-methyl/N-ethyl adjacent to an activating group) is 1. The monoisotopic (exact) mass is 284 g/mol. The molecule has 0 saturated heterocycles. The summed E-state index contributed by atoms with van der Waals surface area (Å²) in [4.78, 5) is 0.209. The Bertz CT molecular complexity index is 541. The SMILES string of the molecule is C=CCN(C)S(=O)(=O)c1ccc(OCC)c(CN)c1. The maximum absolute atomic E-state index is 12.3. The predicted octanol–water partition coefficient (Wildman–Crippen LogP) is 1.35. The molecule has 2 N–H and O–H groups in total. The fraction of sp³-hybridized carbons (Fsp3) is 0.385. The van der Waals surface area contributed by atoms with Gasteiger partial charge in [0.1, 0.15) is 5.75 Å². The molecule has 106 valence electrons. The zero-order chi connectivity index (χ0) is 14.5. The average Bonchev–Trinajstić information content (AvgIpc) is 2.39. The third kappa shape index (κ3) is 3.56. The molecular weight excluding hydrogens is 264 g/mol. The molecule has 0 amide bonds. The minimum atomic E-state index is -3.51. The number of ether oxygens (including phenoxy) is 1. The molecular formula is C13H20N2O3S. The minimum absolute atomic E-state index is 0.209. The number of sulfonamides is 1. The molecule has 1 rings (SSSR count). The highest BCUT2D eigenvalue weighted by atomic mass is 32.2. The van der Waals surface area contributed by atoms with Crippen molar-refractivity contribution >= 4 is 10.0 Å². The molecule has 19 heavy (non-hydrogen) atoms. The second kappa shape index (κ2) is 6.70. The van der Waals surface area contributed by atoms with E-state index < -0.39 is 10.0 Å². The summed E-state index contributed by atoms with van der Waals surface area (Å²) in [6, 6.07) is 4.72. The van der Waals surface area contributed by atoms with Crippen LogP contribution >= 0.6 is 0 Å². The molecule has 0 bridgehead atoms. The van der Waals surface area contributed by atoms with Crippen molar-refractivity contribution in [3.05, 3.63) is 36.4 Å². The summed E-state index contributed by atoms with van der Waals surface area (Å²) in [7, 11) is -2.00. The van der Waals surface area contributed by atoms with Gasteiger partial charge in [-0.15, -0.1) is 6.58 Å². The first-order chi connectivity index (χ1) is 8.97. The van der Waals surface area contributed by atoms with Crippen molar-refractivity contribution < 1.29 is 13.2 Å². The molecule has 0 aliphatic carbocycles. The lowest BCUT2D eigenvalue weighted by Gasteiger charge is -2.17. The summed E-state index contributed by atoms with van der Waals surface area (Å²) >= 11 is 0. The number of nitrogens with two attached hydrogens (primary N) is 1. The molecule has 1 aromatic carbocycles. The summed E-state index contributed by atoms with van der Waals surface area (Å²) < 4.78 is 31.1. The van der Waals surface area contributed by atoms with Crippen LogP contribution in [0.25, 0.3) is 0 Å². The van der Waals surface area contributed by atoms with Gasteiger partial charge in [0.05, 0.1) is 11.5 Å². The number of rotatable bonds is 7. The third-order valence-electron chi connectivity index (χ3n) is 2.65. The van der Waals surface area contributed by atoms with Crippen LogP contribution in [-0.4, -0.2) is 32.9 Å². The van der Waals surface area contributed by atoms with Crippen LogP contribution in [0.3, 0.4) is 0 Å². The number of nitrogens with zero attached hydrogens (tertiary/aromatic N) is 1. The van der Waals surface area contributed by atoms with Gasteiger partial charge in [0, 0.05) is 25.7 Å². The Kier molecular flexibility index (Phi) is 5.53. The standard InChI is InChI=1S/C13H20N2O3S/c1-4-8-15(3)19(16,17)12-6-7-13(18-5-2)11(9-12)10-14/h4,6-7,9H,1,5,8,10,14H2,2-3H3. The van der Waals surface area contributed by atoms with Crippen molar-refractivity contribution in [3.8, 4) is 5.75 Å². The molecule has 0 radical (unpaired) electrons. The highest BCUT2D eigenvalue weighted by molar-refractivity contribution is 7.89. The summed E-state index contributed by atoms with van der Waals surface area (Å²) in [5.41, 5.74) is 6.30. The fourth-order valence-electron chi connectivity index (χ4n) is 1.63. The van der Waals surface area contributed by atoms with Crippen molar-refractivity contribution in [2.24, 2.45) is 5.73 Å². The van der Waals surface area contributed by atoms with Crippen molar-refractivity contribution in [2.45, 2.75) is 18.4 Å². The summed E-state index contributed by atoms with van der Waals surface area (Å²) in [6.07, 6.45) is 1.54. The molecule has 6 heteroatoms. The van der Waals surface area contributed by atoms with Crippen molar-refractivity contribution in [1.82, 2.24) is 4.31 Å². The normalized spacial score (nSPS) is 11.6. The molecule has 1 aromatic rings. The van der Waals surface area contributed by atoms with Gasteiger partial charge >= 0.3 is 0 Å². The third-order valence-corrected chi connectivity index (χ3v) is 4.47. The molecule has 0 aliphatic rings. The van der Waals surface area contributed by atoms with Crippen LogP contribution in [0.15, 0.2) is 35.7 Å². The van der Waals surface area contributed by atoms with Crippen LogP contribution in [0.2, 0.25) is 0 Å². The van der Waals surface area contributed by atoms with E-state index in [1.807, 2.05) is 6.92 Å². The van der Waals surface area contributed by atoms with Crippen LogP contribution in [0.4, 0.5) is 0 Å². The highest BCUT2D eigenvalue weighted by Crippen LogP contribution is 2.24. The van der Waals surface area contributed by atoms with Gasteiger partial charge in [0.25, 0.3) is 0 Å². The van der Waals surface area contributed by atoms with E-state index in [1.165, 1.54) is 23.5 Å². The van der Waals surface area contributed by atoms with Crippen LogP contribution in [-0.2, 0) is 16.6 Å². The van der Waals surface area contributed by atoms with E-state index in [4.69, 9.17) is 10.5 Å². The van der Waals surface area contributed by atoms with E-state index >= 15 is 0 Å². The Morgan fingerprint density at radius 3 is 2.68 bits per heavy atom. The zero-order valence-corrected chi connectivity index (χ0v) is 12.1. The molecule has 0 aromatic heterocycles. The van der Waals surface area contributed by atoms with Gasteiger partial charge < -0.3 is 10.5 Å². The minimum Gasteiger partial charge on any atom is -0.494 e. The summed E-state index contributed by atoms with van der Waals surface area (Å²) in [6.45, 7) is 6.39. The first-order valence-corrected chi connectivity index (χ1v) is 7.44. The fourth-order valence-corrected chi connectivity index (χ4v) is 2.82. The highest BCUT2D eigenvalue weighted by Gasteiger charge is 2.20. The van der Waals surface area contributed by atoms with Crippen molar-refractivity contribution in [1.29, 1.82) is 0 Å². The average molecular weight is 284 g/mol. The van der Waals surface area contributed by atoms with E-state index in [9.17, 15) is 8.42 Å². The van der Waals surface area contributed by atoms with Gasteiger partial charge in [-0.3, -0.25) is 0 Å². The Morgan fingerprint density at radius 1 is 1.47 bits per heavy atom. The molecule has 0 atom stereocenters. The Labute approximate surface area is 114 Å². The second-order valence-corrected chi connectivity index (χ2v) is 6.03. The van der Waals surface area contributed by atoms with Gasteiger partial charge in [-0.25, -0.2) is 8.42 Å². The zero-order valence-electron chi connectivity index (χ0n) is 11.3. The summed E-state index contributed by atoms with van der Waals surface area (Å²) in [5, 5.41) is 0. The van der Waals surface area contributed by atoms with Crippen LogP contribution in [0, 0.1) is 0 Å². The van der Waals surface area contributed by atoms with Gasteiger partial charge in [-0.2, -0.15) is 4.31 Å². The Balaban J connectivity index is 3.18. The van der Waals surface area contributed by atoms with Gasteiger partial charge in [0.15, 0.2) is 0 Å². The van der Waals surface area contributed by atoms with Crippen LogP contribution in [0.1, 0.15) is 12.5 Å². The molecule has 0 unspecified atom stereocenters. The topological polar surface area (TPSA) is 72.6 Å². The lowest BCUT2D eigenvalue weighted by molar-refractivity contribution is 0.336. The van der Waals surface area contributed by atoms with E-state index in [0.29, 0.717) is 17.9 Å². The van der Waals surface area contributed by atoms with Gasteiger partial charge in [-0.1, -0.05) is 6.08 Å². The maximum atomic E-state index is 12.3. The Hall–Kier alpha value is -1.37. The quantitative estimate of drug-likeness (QED) is 0.767. The smallest absolute Gasteiger partial charge is 0.243 e. The van der Waals surface area contributed by atoms with Crippen molar-refractivity contribution in [2.75, 3.05) is 20.2 Å². The number of benzene rings is 1. The number of hydrogen-bond donors (Lipinski definition) is 1. The van der Waals surface area contributed by atoms with E-state index in [-0.39, 0.29) is 18.0 Å². The second-order valence-electron chi connectivity index (χ2n) is 3.98. The molecule has 0 saturated carbocycles. The maximum Gasteiger partial charge on any atom is 0.243 e. The number of hydrogen-bond acceptors (Lipinski definition) is 4. The predicted molar refractivity (Wildman–Crippen MR) is 75.5 cm³/mol. The summed E-state index contributed by atoms with van der Waals surface area (Å²) in [5.74, 6) is 0.621. The van der Waals surface area contributed by atoms with Crippen molar-refractivity contribution in [3.63, 3.8) is 0 Å². The lowest BCUT2D eigenvalue weighted by Crippen LogP contribution is -2.27. The van der Waals surface area contributed by atoms with E-state index in [0.717, 1.165) is 0 Å². The first kappa shape index (κ1) is 15.7. The molecule has 0 spiro atoms. The molecule has 0 fully saturated rings. The van der Waals surface area contributed by atoms with Crippen LogP contribution < -0.4 is 10.5 Å².